The Balaban J connectivity index is 1.83. The molecule has 0 unspecified atom stereocenters. The maximum absolute atomic E-state index is 11.6. The highest BCUT2D eigenvalue weighted by molar-refractivity contribution is 5.86. The first-order valence-corrected chi connectivity index (χ1v) is 8.32. The molecule has 1 aromatic rings. The van der Waals surface area contributed by atoms with Crippen molar-refractivity contribution in [1.82, 2.24) is 15.0 Å². The van der Waals surface area contributed by atoms with E-state index in [-0.39, 0.29) is 11.9 Å². The molecule has 0 amide bonds. The third-order valence-corrected chi connectivity index (χ3v) is 4.65. The zero-order valence-electron chi connectivity index (χ0n) is 13.3. The molecule has 2 saturated heterocycles. The predicted molar refractivity (Wildman–Crippen MR) is 81.4 cm³/mol. The largest absolute Gasteiger partial charge is 0.464 e. The number of hydrogen-bond donors (Lipinski definition) is 0. The summed E-state index contributed by atoms with van der Waals surface area (Å²) in [6.45, 7) is 4.32. The van der Waals surface area contributed by atoms with Crippen LogP contribution in [0.15, 0.2) is 10.6 Å². The summed E-state index contributed by atoms with van der Waals surface area (Å²) in [7, 11) is 1.36. The summed E-state index contributed by atoms with van der Waals surface area (Å²) in [5.74, 6) is 0.329. The van der Waals surface area contributed by atoms with E-state index < -0.39 is 5.97 Å². The normalized spacial score (nSPS) is 21.2. The third kappa shape index (κ3) is 3.33. The van der Waals surface area contributed by atoms with Gasteiger partial charge in [-0.15, -0.1) is 0 Å². The molecule has 0 spiro atoms. The SMILES string of the molecule is COC(=O)c1cc(C(N2CCCCC2)N2CCCCC2)on1. The number of carbonyl (C=O) groups is 1. The first-order chi connectivity index (χ1) is 10.8. The topological polar surface area (TPSA) is 58.8 Å². The number of rotatable bonds is 4. The minimum Gasteiger partial charge on any atom is -0.464 e. The lowest BCUT2D eigenvalue weighted by molar-refractivity contribution is -0.000828. The van der Waals surface area contributed by atoms with E-state index in [9.17, 15) is 4.79 Å². The molecule has 0 atom stereocenters. The fraction of sp³-hybridized carbons (Fsp3) is 0.750. The van der Waals surface area contributed by atoms with Crippen LogP contribution >= 0.6 is 0 Å². The molecule has 0 bridgehead atoms. The van der Waals surface area contributed by atoms with Crippen LogP contribution in [0.25, 0.3) is 0 Å². The van der Waals surface area contributed by atoms with E-state index in [1.54, 1.807) is 6.07 Å². The van der Waals surface area contributed by atoms with Gasteiger partial charge in [0.05, 0.1) is 7.11 Å². The Morgan fingerprint density at radius 3 is 2.14 bits per heavy atom. The Bertz CT molecular complexity index is 473. The molecule has 0 aromatic carbocycles. The van der Waals surface area contributed by atoms with Crippen LogP contribution in [0.3, 0.4) is 0 Å². The molecule has 6 heteroatoms. The van der Waals surface area contributed by atoms with E-state index in [2.05, 4.69) is 15.0 Å². The average Bonchev–Trinajstić information content (AvgIpc) is 3.06. The number of ether oxygens (including phenoxy) is 1. The van der Waals surface area contributed by atoms with Gasteiger partial charge in [-0.3, -0.25) is 9.80 Å². The van der Waals surface area contributed by atoms with Gasteiger partial charge in [0.1, 0.15) is 6.17 Å². The molecular formula is C16H25N3O3. The summed E-state index contributed by atoms with van der Waals surface area (Å²) in [6.07, 6.45) is 7.60. The number of nitrogens with zero attached hydrogens (tertiary/aromatic N) is 3. The number of carbonyl (C=O) groups excluding carboxylic acids is 1. The summed E-state index contributed by atoms with van der Waals surface area (Å²) in [6, 6.07) is 1.75. The lowest BCUT2D eigenvalue weighted by atomic mass is 10.1. The van der Waals surface area contributed by atoms with Gasteiger partial charge in [-0.25, -0.2) is 4.79 Å². The van der Waals surface area contributed by atoms with Crippen LogP contribution in [-0.4, -0.2) is 54.2 Å². The van der Waals surface area contributed by atoms with Crippen LogP contribution in [0.1, 0.15) is 60.9 Å². The van der Waals surface area contributed by atoms with Crippen molar-refractivity contribution in [2.24, 2.45) is 0 Å². The summed E-state index contributed by atoms with van der Waals surface area (Å²) >= 11 is 0. The van der Waals surface area contributed by atoms with Gasteiger partial charge in [-0.1, -0.05) is 18.0 Å². The van der Waals surface area contributed by atoms with Crippen LogP contribution in [-0.2, 0) is 4.74 Å². The molecule has 2 aliphatic rings. The van der Waals surface area contributed by atoms with Gasteiger partial charge in [0.25, 0.3) is 0 Å². The average molecular weight is 307 g/mol. The maximum Gasteiger partial charge on any atom is 0.360 e. The Labute approximate surface area is 131 Å². The number of likely N-dealkylation sites (tertiary alicyclic amines) is 2. The fourth-order valence-electron chi connectivity index (χ4n) is 3.53. The zero-order valence-corrected chi connectivity index (χ0v) is 13.3. The van der Waals surface area contributed by atoms with Crippen LogP contribution in [0.2, 0.25) is 0 Å². The summed E-state index contributed by atoms with van der Waals surface area (Å²) in [4.78, 5) is 16.6. The molecule has 2 fully saturated rings. The van der Waals surface area contributed by atoms with Gasteiger partial charge in [0, 0.05) is 32.2 Å². The molecule has 6 nitrogen and oxygen atoms in total. The van der Waals surface area contributed by atoms with E-state index in [0.717, 1.165) is 31.9 Å². The summed E-state index contributed by atoms with van der Waals surface area (Å²) in [5.41, 5.74) is 0.261. The Kier molecular flexibility index (Phi) is 5.10. The Morgan fingerprint density at radius 1 is 1.09 bits per heavy atom. The monoisotopic (exact) mass is 307 g/mol. The number of piperidine rings is 2. The van der Waals surface area contributed by atoms with Crippen molar-refractivity contribution in [3.63, 3.8) is 0 Å². The minimum atomic E-state index is -0.439. The summed E-state index contributed by atoms with van der Waals surface area (Å²) < 4.78 is 10.3. The zero-order chi connectivity index (χ0) is 15.4. The van der Waals surface area contributed by atoms with Crippen molar-refractivity contribution in [2.75, 3.05) is 33.3 Å². The second-order valence-corrected chi connectivity index (χ2v) is 6.17. The van der Waals surface area contributed by atoms with Crippen LogP contribution in [0.4, 0.5) is 0 Å². The molecule has 1 aromatic heterocycles. The molecule has 0 saturated carbocycles. The lowest BCUT2D eigenvalue weighted by Crippen LogP contribution is -2.45. The highest BCUT2D eigenvalue weighted by Gasteiger charge is 2.32. The number of esters is 1. The lowest BCUT2D eigenvalue weighted by Gasteiger charge is -2.41. The van der Waals surface area contributed by atoms with Crippen LogP contribution in [0.5, 0.6) is 0 Å². The minimum absolute atomic E-state index is 0.103. The fourth-order valence-corrected chi connectivity index (χ4v) is 3.53. The Hall–Kier alpha value is -1.40. The van der Waals surface area contributed by atoms with Gasteiger partial charge in [0.2, 0.25) is 0 Å². The first-order valence-electron chi connectivity index (χ1n) is 8.32. The number of hydrogen-bond acceptors (Lipinski definition) is 6. The van der Waals surface area contributed by atoms with E-state index in [4.69, 9.17) is 9.26 Å². The van der Waals surface area contributed by atoms with E-state index >= 15 is 0 Å². The van der Waals surface area contributed by atoms with Crippen molar-refractivity contribution in [3.05, 3.63) is 17.5 Å². The second kappa shape index (κ2) is 7.24. The molecule has 0 radical (unpaired) electrons. The molecule has 0 aliphatic carbocycles. The molecule has 0 N–H and O–H groups in total. The molecule has 2 aliphatic heterocycles. The maximum atomic E-state index is 11.6. The third-order valence-electron chi connectivity index (χ3n) is 4.65. The standard InChI is InChI=1S/C16H25N3O3/c1-21-16(20)13-12-14(22-17-13)15(18-8-4-2-5-9-18)19-10-6-3-7-11-19/h12,15H,2-11H2,1H3. The highest BCUT2D eigenvalue weighted by atomic mass is 16.5. The molecule has 3 rings (SSSR count). The quantitative estimate of drug-likeness (QED) is 0.796. The molecular weight excluding hydrogens is 282 g/mol. The number of aromatic nitrogens is 1. The summed E-state index contributed by atoms with van der Waals surface area (Å²) in [5, 5.41) is 3.89. The van der Waals surface area contributed by atoms with Crippen molar-refractivity contribution in [3.8, 4) is 0 Å². The van der Waals surface area contributed by atoms with Gasteiger partial charge in [-0.2, -0.15) is 0 Å². The van der Waals surface area contributed by atoms with Gasteiger partial charge in [-0.05, 0) is 25.7 Å². The van der Waals surface area contributed by atoms with Gasteiger partial charge in [0.15, 0.2) is 11.5 Å². The number of methoxy groups -OCH3 is 1. The molecule has 22 heavy (non-hydrogen) atoms. The van der Waals surface area contributed by atoms with Crippen LogP contribution in [0, 0.1) is 0 Å². The smallest absolute Gasteiger partial charge is 0.360 e. The van der Waals surface area contributed by atoms with Gasteiger partial charge >= 0.3 is 5.97 Å². The molecule has 122 valence electrons. The van der Waals surface area contributed by atoms with Crippen molar-refractivity contribution in [2.45, 2.75) is 44.7 Å². The van der Waals surface area contributed by atoms with Crippen molar-refractivity contribution in [1.29, 1.82) is 0 Å². The van der Waals surface area contributed by atoms with E-state index in [1.165, 1.54) is 45.6 Å². The highest BCUT2D eigenvalue weighted by Crippen LogP contribution is 2.31. The van der Waals surface area contributed by atoms with E-state index in [1.807, 2.05) is 0 Å². The van der Waals surface area contributed by atoms with Crippen LogP contribution < -0.4 is 0 Å². The van der Waals surface area contributed by atoms with Crippen molar-refractivity contribution >= 4 is 5.97 Å². The van der Waals surface area contributed by atoms with Crippen molar-refractivity contribution < 1.29 is 14.1 Å². The molecule has 3 heterocycles. The van der Waals surface area contributed by atoms with E-state index in [0.29, 0.717) is 0 Å². The van der Waals surface area contributed by atoms with Gasteiger partial charge < -0.3 is 9.26 Å². The second-order valence-electron chi connectivity index (χ2n) is 6.17. The predicted octanol–water partition coefficient (Wildman–Crippen LogP) is 2.43. The first kappa shape index (κ1) is 15.5. The Morgan fingerprint density at radius 2 is 1.64 bits per heavy atom.